The fraction of sp³-hybridized carbons (Fsp3) is 0.167. The third kappa shape index (κ3) is 5.84. The van der Waals surface area contributed by atoms with E-state index in [2.05, 4.69) is 10.5 Å². The van der Waals surface area contributed by atoms with Crippen LogP contribution >= 0.6 is 0 Å². The molecular formula is C24H25N3O6S. The van der Waals surface area contributed by atoms with Crippen molar-refractivity contribution in [1.29, 1.82) is 0 Å². The Hall–Kier alpha value is -4.05. The van der Waals surface area contributed by atoms with Gasteiger partial charge in [0.2, 0.25) is 0 Å². The molecule has 0 fully saturated rings. The van der Waals surface area contributed by atoms with Crippen LogP contribution in [-0.4, -0.2) is 48.4 Å². The van der Waals surface area contributed by atoms with Gasteiger partial charge in [-0.1, -0.05) is 24.3 Å². The van der Waals surface area contributed by atoms with E-state index in [1.165, 1.54) is 45.7 Å². The molecule has 0 bridgehead atoms. The molecule has 0 saturated heterocycles. The molecule has 0 heterocycles. The van der Waals surface area contributed by atoms with E-state index in [0.29, 0.717) is 22.8 Å². The van der Waals surface area contributed by atoms with Gasteiger partial charge in [0.1, 0.15) is 23.8 Å². The SMILES string of the molecule is COc1cccc(N(CC(=O)N/N=C\c2cc(OC)ccc2OC)S(=O)(=O)c2ccccc2)c1. The summed E-state index contributed by atoms with van der Waals surface area (Å²) in [6.07, 6.45) is 1.39. The molecule has 0 spiro atoms. The molecule has 0 aliphatic carbocycles. The lowest BCUT2D eigenvalue weighted by Crippen LogP contribution is -2.39. The Bertz CT molecular complexity index is 1260. The van der Waals surface area contributed by atoms with E-state index >= 15 is 0 Å². The lowest BCUT2D eigenvalue weighted by molar-refractivity contribution is -0.119. The van der Waals surface area contributed by atoms with Crippen molar-refractivity contribution < 1.29 is 27.4 Å². The number of hydrogen-bond donors (Lipinski definition) is 1. The zero-order valence-electron chi connectivity index (χ0n) is 19.0. The second-order valence-electron chi connectivity index (χ2n) is 6.93. The quantitative estimate of drug-likeness (QED) is 0.351. The lowest BCUT2D eigenvalue weighted by atomic mass is 10.2. The van der Waals surface area contributed by atoms with Gasteiger partial charge in [0.25, 0.3) is 15.9 Å². The molecular weight excluding hydrogens is 458 g/mol. The van der Waals surface area contributed by atoms with E-state index < -0.39 is 22.5 Å². The number of carbonyl (C=O) groups is 1. The van der Waals surface area contributed by atoms with Crippen molar-refractivity contribution in [3.8, 4) is 17.2 Å². The molecule has 178 valence electrons. The summed E-state index contributed by atoms with van der Waals surface area (Å²) >= 11 is 0. The van der Waals surface area contributed by atoms with Gasteiger partial charge in [-0.2, -0.15) is 5.10 Å². The number of nitrogens with one attached hydrogen (secondary N) is 1. The zero-order valence-corrected chi connectivity index (χ0v) is 19.8. The molecule has 0 atom stereocenters. The molecule has 3 aromatic rings. The van der Waals surface area contributed by atoms with E-state index in [1.54, 1.807) is 54.6 Å². The summed E-state index contributed by atoms with van der Waals surface area (Å²) in [6.45, 7) is -0.503. The van der Waals surface area contributed by atoms with Gasteiger partial charge in [0.05, 0.1) is 38.1 Å². The molecule has 10 heteroatoms. The summed E-state index contributed by atoms with van der Waals surface area (Å²) in [4.78, 5) is 12.8. The minimum absolute atomic E-state index is 0.0511. The summed E-state index contributed by atoms with van der Waals surface area (Å²) < 4.78 is 43.4. The maximum Gasteiger partial charge on any atom is 0.264 e. The number of hydrazone groups is 1. The van der Waals surface area contributed by atoms with Crippen molar-refractivity contribution in [3.05, 3.63) is 78.4 Å². The van der Waals surface area contributed by atoms with Crippen molar-refractivity contribution >= 4 is 27.8 Å². The first kappa shape index (κ1) is 24.6. The molecule has 0 aromatic heterocycles. The van der Waals surface area contributed by atoms with Crippen LogP contribution < -0.4 is 23.9 Å². The van der Waals surface area contributed by atoms with Crippen molar-refractivity contribution in [2.45, 2.75) is 4.90 Å². The summed E-state index contributed by atoms with van der Waals surface area (Å²) in [5.41, 5.74) is 3.22. The van der Waals surface area contributed by atoms with Crippen molar-refractivity contribution in [3.63, 3.8) is 0 Å². The summed E-state index contributed by atoms with van der Waals surface area (Å²) in [5, 5.41) is 3.95. The number of nitrogens with zero attached hydrogens (tertiary/aromatic N) is 2. The maximum atomic E-state index is 13.4. The first-order valence-electron chi connectivity index (χ1n) is 10.1. The Morgan fingerprint density at radius 2 is 1.62 bits per heavy atom. The van der Waals surface area contributed by atoms with E-state index in [4.69, 9.17) is 14.2 Å². The van der Waals surface area contributed by atoms with Crippen LogP contribution in [0.1, 0.15) is 5.56 Å². The topological polar surface area (TPSA) is 107 Å². The number of hydrogen-bond acceptors (Lipinski definition) is 7. The molecule has 0 aliphatic rings. The Morgan fingerprint density at radius 1 is 0.912 bits per heavy atom. The molecule has 1 amide bonds. The normalized spacial score (nSPS) is 11.1. The second kappa shape index (κ2) is 11.2. The lowest BCUT2D eigenvalue weighted by Gasteiger charge is -2.24. The highest BCUT2D eigenvalue weighted by atomic mass is 32.2. The number of carbonyl (C=O) groups excluding carboxylic acids is 1. The average molecular weight is 484 g/mol. The molecule has 0 unspecified atom stereocenters. The number of methoxy groups -OCH3 is 3. The highest BCUT2D eigenvalue weighted by Gasteiger charge is 2.27. The second-order valence-corrected chi connectivity index (χ2v) is 8.79. The number of amides is 1. The van der Waals surface area contributed by atoms with Crippen molar-refractivity contribution in [2.75, 3.05) is 32.2 Å². The highest BCUT2D eigenvalue weighted by molar-refractivity contribution is 7.92. The number of benzene rings is 3. The standard InChI is InChI=1S/C24H25N3O6S/c1-31-20-9-7-8-19(15-20)27(34(29,30)22-10-5-4-6-11-22)17-24(28)26-25-16-18-14-21(32-2)12-13-23(18)33-3/h4-16H,17H2,1-3H3,(H,26,28)/b25-16-. The maximum absolute atomic E-state index is 13.4. The van der Waals surface area contributed by atoms with Gasteiger partial charge in [-0.05, 0) is 42.5 Å². The predicted molar refractivity (Wildman–Crippen MR) is 129 cm³/mol. The Morgan fingerprint density at radius 3 is 2.29 bits per heavy atom. The Kier molecular flexibility index (Phi) is 8.10. The minimum atomic E-state index is -4.04. The fourth-order valence-corrected chi connectivity index (χ4v) is 4.51. The minimum Gasteiger partial charge on any atom is -0.497 e. The molecule has 0 saturated carbocycles. The molecule has 3 rings (SSSR count). The molecule has 3 aromatic carbocycles. The molecule has 0 radical (unpaired) electrons. The van der Waals surface area contributed by atoms with Gasteiger partial charge in [-0.3, -0.25) is 9.10 Å². The van der Waals surface area contributed by atoms with Crippen molar-refractivity contribution in [1.82, 2.24) is 5.43 Å². The largest absolute Gasteiger partial charge is 0.497 e. The van der Waals surface area contributed by atoms with E-state index in [9.17, 15) is 13.2 Å². The van der Waals surface area contributed by atoms with Crippen LogP contribution in [0.15, 0.2) is 82.8 Å². The van der Waals surface area contributed by atoms with Crippen LogP contribution in [-0.2, 0) is 14.8 Å². The first-order chi connectivity index (χ1) is 16.4. The zero-order chi connectivity index (χ0) is 24.6. The van der Waals surface area contributed by atoms with Crippen LogP contribution in [0, 0.1) is 0 Å². The van der Waals surface area contributed by atoms with Gasteiger partial charge in [0.15, 0.2) is 0 Å². The molecule has 0 aliphatic heterocycles. The van der Waals surface area contributed by atoms with E-state index in [-0.39, 0.29) is 10.6 Å². The highest BCUT2D eigenvalue weighted by Crippen LogP contribution is 2.27. The van der Waals surface area contributed by atoms with Gasteiger partial charge in [-0.25, -0.2) is 13.8 Å². The van der Waals surface area contributed by atoms with Gasteiger partial charge >= 0.3 is 0 Å². The number of ether oxygens (including phenoxy) is 3. The smallest absolute Gasteiger partial charge is 0.264 e. The number of anilines is 1. The fourth-order valence-electron chi connectivity index (χ4n) is 3.08. The number of sulfonamides is 1. The molecule has 9 nitrogen and oxygen atoms in total. The predicted octanol–water partition coefficient (Wildman–Crippen LogP) is 3.06. The van der Waals surface area contributed by atoms with Crippen LogP contribution in [0.2, 0.25) is 0 Å². The first-order valence-corrected chi connectivity index (χ1v) is 11.6. The van der Waals surface area contributed by atoms with Crippen LogP contribution in [0.3, 0.4) is 0 Å². The third-order valence-electron chi connectivity index (χ3n) is 4.79. The van der Waals surface area contributed by atoms with Gasteiger partial charge in [-0.15, -0.1) is 0 Å². The third-order valence-corrected chi connectivity index (χ3v) is 6.58. The van der Waals surface area contributed by atoms with Crippen LogP contribution in [0.5, 0.6) is 17.2 Å². The van der Waals surface area contributed by atoms with Crippen molar-refractivity contribution in [2.24, 2.45) is 5.10 Å². The summed E-state index contributed by atoms with van der Waals surface area (Å²) in [7, 11) is 0.478. The number of rotatable bonds is 10. The molecule has 1 N–H and O–H groups in total. The Balaban J connectivity index is 1.85. The monoisotopic (exact) mass is 483 g/mol. The van der Waals surface area contributed by atoms with E-state index in [1.807, 2.05) is 0 Å². The van der Waals surface area contributed by atoms with Crippen LogP contribution in [0.4, 0.5) is 5.69 Å². The Labute approximate surface area is 198 Å². The average Bonchev–Trinajstić information content (AvgIpc) is 2.87. The van der Waals surface area contributed by atoms with Gasteiger partial charge in [0, 0.05) is 11.6 Å². The summed E-state index contributed by atoms with van der Waals surface area (Å²) in [6, 6.07) is 19.5. The van der Waals surface area contributed by atoms with Crippen LogP contribution in [0.25, 0.3) is 0 Å². The summed E-state index contributed by atoms with van der Waals surface area (Å²) in [5.74, 6) is 0.935. The van der Waals surface area contributed by atoms with E-state index in [0.717, 1.165) is 4.31 Å². The molecule has 34 heavy (non-hydrogen) atoms. The van der Waals surface area contributed by atoms with Gasteiger partial charge < -0.3 is 14.2 Å².